The number of thiophene rings is 1. The van der Waals surface area contributed by atoms with Gasteiger partial charge in [-0.1, -0.05) is 5.16 Å². The molecule has 1 fully saturated rings. The summed E-state index contributed by atoms with van der Waals surface area (Å²) in [4.78, 5) is 33.6. The van der Waals surface area contributed by atoms with Crippen molar-refractivity contribution in [3.8, 4) is 0 Å². The molecule has 0 bridgehead atoms. The third-order valence-electron chi connectivity index (χ3n) is 6.57. The summed E-state index contributed by atoms with van der Waals surface area (Å²) in [6.45, 7) is 6.35. The minimum Gasteiger partial charge on any atom is -0.366 e. The quantitative estimate of drug-likeness (QED) is 0.461. The molecule has 10 heteroatoms. The molecule has 3 N–H and O–H groups in total. The number of rotatable bonds is 9. The molecule has 0 spiro atoms. The smallest absolute Gasteiger partial charge is 0.323 e. The average molecular weight is 497 g/mol. The van der Waals surface area contributed by atoms with Gasteiger partial charge in [0.05, 0.1) is 11.3 Å². The highest BCUT2D eigenvalue weighted by Gasteiger charge is 2.30. The molecule has 1 saturated heterocycles. The standard InChI is InChI=1S/C25H32N6O3S/c1-17(5-6-22-21(24(26)32)4-3-10-27-22)30-11-7-20(8-12-30)31(15-19-9-13-35-16-19)25(33)28-23-14-18(2)34-29-23/h3-4,9-10,13-14,16-17,20H,5-8,11-12,15H2,1-2H3,(H2,26,32)(H,28,29,33)/t17-/m1/s1. The van der Waals surface area contributed by atoms with E-state index >= 15 is 0 Å². The van der Waals surface area contributed by atoms with Crippen LogP contribution in [0.2, 0.25) is 0 Å². The highest BCUT2D eigenvalue weighted by atomic mass is 32.1. The largest absolute Gasteiger partial charge is 0.366 e. The number of amides is 3. The van der Waals surface area contributed by atoms with Gasteiger partial charge in [-0.3, -0.25) is 15.1 Å². The molecular formula is C25H32N6O3S. The van der Waals surface area contributed by atoms with Crippen molar-refractivity contribution in [3.05, 3.63) is 63.8 Å². The number of aryl methyl sites for hydroxylation is 2. The molecule has 35 heavy (non-hydrogen) atoms. The molecule has 3 aromatic heterocycles. The fourth-order valence-corrected chi connectivity index (χ4v) is 5.24. The SMILES string of the molecule is Cc1cc(NC(=O)N(Cc2ccsc2)C2CCN([C@H](C)CCc3ncccc3C(N)=O)CC2)no1. The number of pyridine rings is 1. The van der Waals surface area contributed by atoms with E-state index in [4.69, 9.17) is 10.3 Å². The van der Waals surface area contributed by atoms with Crippen molar-refractivity contribution >= 4 is 29.1 Å². The zero-order valence-corrected chi connectivity index (χ0v) is 21.0. The number of likely N-dealkylation sites (tertiary alicyclic amines) is 1. The van der Waals surface area contributed by atoms with Crippen molar-refractivity contribution in [2.24, 2.45) is 5.73 Å². The van der Waals surface area contributed by atoms with E-state index in [-0.39, 0.29) is 12.1 Å². The number of carbonyl (C=O) groups excluding carboxylic acids is 2. The molecule has 0 aliphatic carbocycles. The first-order valence-electron chi connectivity index (χ1n) is 11.9. The monoisotopic (exact) mass is 496 g/mol. The summed E-state index contributed by atoms with van der Waals surface area (Å²) < 4.78 is 5.09. The van der Waals surface area contributed by atoms with Crippen LogP contribution < -0.4 is 11.1 Å². The Morgan fingerprint density at radius 2 is 2.14 bits per heavy atom. The van der Waals surface area contributed by atoms with Crippen LogP contribution in [0.5, 0.6) is 0 Å². The van der Waals surface area contributed by atoms with Gasteiger partial charge >= 0.3 is 6.03 Å². The average Bonchev–Trinajstić information content (AvgIpc) is 3.52. The lowest BCUT2D eigenvalue weighted by atomic mass is 9.99. The van der Waals surface area contributed by atoms with Crippen LogP contribution in [-0.4, -0.2) is 57.1 Å². The lowest BCUT2D eigenvalue weighted by Gasteiger charge is -2.40. The Labute approximate surface area is 209 Å². The van der Waals surface area contributed by atoms with Gasteiger partial charge in [0.25, 0.3) is 5.91 Å². The van der Waals surface area contributed by atoms with Crippen LogP contribution in [0.15, 0.2) is 45.7 Å². The summed E-state index contributed by atoms with van der Waals surface area (Å²) >= 11 is 1.63. The molecule has 4 heterocycles. The molecule has 0 unspecified atom stereocenters. The summed E-state index contributed by atoms with van der Waals surface area (Å²) in [6.07, 6.45) is 5.05. The summed E-state index contributed by atoms with van der Waals surface area (Å²) in [6, 6.07) is 7.54. The van der Waals surface area contributed by atoms with Crippen molar-refractivity contribution in [2.75, 3.05) is 18.4 Å². The van der Waals surface area contributed by atoms with Gasteiger partial charge in [-0.25, -0.2) is 4.79 Å². The number of urea groups is 1. The Bertz CT molecular complexity index is 1120. The number of hydrogen-bond donors (Lipinski definition) is 2. The fourth-order valence-electron chi connectivity index (χ4n) is 4.58. The van der Waals surface area contributed by atoms with E-state index in [1.807, 2.05) is 10.3 Å². The maximum absolute atomic E-state index is 13.2. The van der Waals surface area contributed by atoms with E-state index < -0.39 is 5.91 Å². The van der Waals surface area contributed by atoms with Crippen LogP contribution in [0.25, 0.3) is 0 Å². The molecule has 3 aromatic rings. The van der Waals surface area contributed by atoms with E-state index in [2.05, 4.69) is 38.7 Å². The number of nitrogens with two attached hydrogens (primary N) is 1. The van der Waals surface area contributed by atoms with Gasteiger partial charge < -0.3 is 20.1 Å². The maximum Gasteiger partial charge on any atom is 0.323 e. The number of carbonyl (C=O) groups is 2. The van der Waals surface area contributed by atoms with Gasteiger partial charge in [-0.05, 0) is 74.1 Å². The van der Waals surface area contributed by atoms with Crippen LogP contribution in [0.4, 0.5) is 10.6 Å². The molecule has 0 radical (unpaired) electrons. The van der Waals surface area contributed by atoms with Crippen molar-refractivity contribution in [3.63, 3.8) is 0 Å². The number of aromatic nitrogens is 2. The number of nitrogens with zero attached hydrogens (tertiary/aromatic N) is 4. The van der Waals surface area contributed by atoms with Gasteiger partial charge in [0.2, 0.25) is 0 Å². The first kappa shape index (κ1) is 24.9. The number of nitrogens with one attached hydrogen (secondary N) is 1. The Kier molecular flexibility index (Phi) is 8.14. The van der Waals surface area contributed by atoms with Crippen LogP contribution in [0.3, 0.4) is 0 Å². The molecule has 9 nitrogen and oxygen atoms in total. The first-order chi connectivity index (χ1) is 16.9. The summed E-state index contributed by atoms with van der Waals surface area (Å²) in [5, 5.41) is 10.9. The van der Waals surface area contributed by atoms with Crippen LogP contribution >= 0.6 is 11.3 Å². The predicted octanol–water partition coefficient (Wildman–Crippen LogP) is 4.06. The van der Waals surface area contributed by atoms with Crippen LogP contribution in [0, 0.1) is 6.92 Å². The topological polar surface area (TPSA) is 118 Å². The Morgan fingerprint density at radius 3 is 2.80 bits per heavy atom. The fraction of sp³-hybridized carbons (Fsp3) is 0.440. The highest BCUT2D eigenvalue weighted by molar-refractivity contribution is 7.07. The molecule has 1 atom stereocenters. The van der Waals surface area contributed by atoms with E-state index in [1.165, 1.54) is 0 Å². The zero-order chi connectivity index (χ0) is 24.8. The van der Waals surface area contributed by atoms with Gasteiger partial charge in [-0.15, -0.1) is 0 Å². The summed E-state index contributed by atoms with van der Waals surface area (Å²) in [7, 11) is 0. The summed E-state index contributed by atoms with van der Waals surface area (Å²) in [5.74, 6) is 0.644. The van der Waals surface area contributed by atoms with Crippen molar-refractivity contribution < 1.29 is 14.1 Å². The number of piperidine rings is 1. The first-order valence-corrected chi connectivity index (χ1v) is 12.8. The van der Waals surface area contributed by atoms with Crippen molar-refractivity contribution in [2.45, 2.75) is 58.2 Å². The third kappa shape index (κ3) is 6.46. The van der Waals surface area contributed by atoms with Gasteiger partial charge in [0, 0.05) is 44.0 Å². The Hall–Kier alpha value is -3.24. The van der Waals surface area contributed by atoms with E-state index in [0.717, 1.165) is 43.6 Å². The van der Waals surface area contributed by atoms with E-state index in [0.29, 0.717) is 36.1 Å². The second-order valence-corrected chi connectivity index (χ2v) is 9.81. The van der Waals surface area contributed by atoms with Gasteiger partial charge in [0.1, 0.15) is 5.76 Å². The second-order valence-electron chi connectivity index (χ2n) is 9.03. The van der Waals surface area contributed by atoms with Gasteiger partial charge in [0.15, 0.2) is 5.82 Å². The van der Waals surface area contributed by atoms with E-state index in [9.17, 15) is 9.59 Å². The molecule has 4 rings (SSSR count). The Morgan fingerprint density at radius 1 is 1.34 bits per heavy atom. The molecule has 1 aliphatic rings. The number of primary amides is 1. The molecule has 186 valence electrons. The lowest BCUT2D eigenvalue weighted by molar-refractivity contribution is 0.0979. The predicted molar refractivity (Wildman–Crippen MR) is 135 cm³/mol. The minimum atomic E-state index is -0.439. The van der Waals surface area contributed by atoms with Crippen LogP contribution in [-0.2, 0) is 13.0 Å². The number of anilines is 1. The normalized spacial score (nSPS) is 15.6. The van der Waals surface area contributed by atoms with E-state index in [1.54, 1.807) is 42.7 Å². The number of hydrogen-bond acceptors (Lipinski definition) is 7. The highest BCUT2D eigenvalue weighted by Crippen LogP contribution is 2.24. The van der Waals surface area contributed by atoms with Gasteiger partial charge in [-0.2, -0.15) is 11.3 Å². The minimum absolute atomic E-state index is 0.128. The van der Waals surface area contributed by atoms with Crippen LogP contribution in [0.1, 0.15) is 53.6 Å². The molecule has 1 aliphatic heterocycles. The Balaban J connectivity index is 1.35. The van der Waals surface area contributed by atoms with Crippen molar-refractivity contribution in [1.82, 2.24) is 19.9 Å². The lowest BCUT2D eigenvalue weighted by Crippen LogP contribution is -2.50. The second kappa shape index (κ2) is 11.5. The maximum atomic E-state index is 13.2. The zero-order valence-electron chi connectivity index (χ0n) is 20.1. The van der Waals surface area contributed by atoms with Crippen molar-refractivity contribution in [1.29, 1.82) is 0 Å². The molecule has 0 aromatic carbocycles. The molecule has 3 amide bonds. The summed E-state index contributed by atoms with van der Waals surface area (Å²) in [5.41, 5.74) is 7.87. The molecular weight excluding hydrogens is 464 g/mol. The third-order valence-corrected chi connectivity index (χ3v) is 7.31. The molecule has 0 saturated carbocycles.